The van der Waals surface area contributed by atoms with Crippen molar-refractivity contribution in [1.82, 2.24) is 0 Å². The van der Waals surface area contributed by atoms with Crippen LogP contribution in [-0.2, 0) is 14.3 Å². The highest BCUT2D eigenvalue weighted by atomic mass is 16.5. The molecule has 1 unspecified atom stereocenters. The van der Waals surface area contributed by atoms with Crippen LogP contribution < -0.4 is 5.73 Å². The number of ether oxygens (including phenoxy) is 1. The third kappa shape index (κ3) is 2.70. The van der Waals surface area contributed by atoms with Gasteiger partial charge >= 0.3 is 0 Å². The monoisotopic (exact) mass is 144 g/mol. The molecule has 0 aliphatic carbocycles. The van der Waals surface area contributed by atoms with E-state index in [1.807, 2.05) is 0 Å². The lowest BCUT2D eigenvalue weighted by Crippen LogP contribution is -2.31. The van der Waals surface area contributed by atoms with Gasteiger partial charge in [0.1, 0.15) is 0 Å². The van der Waals surface area contributed by atoms with Crippen LogP contribution in [0.3, 0.4) is 0 Å². The summed E-state index contributed by atoms with van der Waals surface area (Å²) in [5.74, 6) is -0.433. The van der Waals surface area contributed by atoms with Gasteiger partial charge in [-0.05, 0) is 6.92 Å². The van der Waals surface area contributed by atoms with Crippen LogP contribution in [0.2, 0.25) is 0 Å². The molecule has 0 aliphatic heterocycles. The first-order valence-corrected chi connectivity index (χ1v) is 2.98. The van der Waals surface area contributed by atoms with Crippen molar-refractivity contribution in [2.24, 2.45) is 5.73 Å². The van der Waals surface area contributed by atoms with Gasteiger partial charge in [0.15, 0.2) is 11.9 Å². The number of hydrogen-bond acceptors (Lipinski definition) is 4. The average molecular weight is 144 g/mol. The molecule has 0 spiro atoms. The van der Waals surface area contributed by atoms with Crippen molar-refractivity contribution in [1.29, 1.82) is 0 Å². The van der Waals surface area contributed by atoms with Crippen molar-refractivity contribution in [3.63, 3.8) is 0 Å². The Labute approximate surface area is 59.3 Å². The number of carbonyl (C=O) groups is 1. The van der Waals surface area contributed by atoms with E-state index in [1.54, 1.807) is 6.92 Å². The van der Waals surface area contributed by atoms with E-state index in [2.05, 4.69) is 0 Å². The number of ketones is 1. The third-order valence-electron chi connectivity index (χ3n) is 0.934. The van der Waals surface area contributed by atoms with Crippen LogP contribution in [0.15, 0.2) is 0 Å². The van der Waals surface area contributed by atoms with Crippen molar-refractivity contribution < 1.29 is 14.3 Å². The Kier molecular flexibility index (Phi) is 4.70. The first kappa shape index (κ1) is 9.26. The molecule has 4 nitrogen and oxygen atoms in total. The Morgan fingerprint density at radius 1 is 1.80 bits per heavy atom. The van der Waals surface area contributed by atoms with Crippen LogP contribution in [0, 0.1) is 0 Å². The van der Waals surface area contributed by atoms with E-state index in [1.165, 1.54) is 6.29 Å². The minimum absolute atomic E-state index is 0.181. The number of carbonyl (C=O) groups excluding carboxylic acids is 2. The fourth-order valence-corrected chi connectivity index (χ4v) is 0.466. The maximum atomic E-state index is 10.6. The van der Waals surface area contributed by atoms with Crippen molar-refractivity contribution >= 4 is 12.1 Å². The highest BCUT2D eigenvalue weighted by Crippen LogP contribution is 1.87. The van der Waals surface area contributed by atoms with E-state index in [0.29, 0.717) is 6.61 Å². The van der Waals surface area contributed by atoms with Crippen LogP contribution in [0.25, 0.3) is 0 Å². The van der Waals surface area contributed by atoms with Crippen molar-refractivity contribution in [3.05, 3.63) is 0 Å². The second-order valence-electron chi connectivity index (χ2n) is 1.62. The smallest absolute Gasteiger partial charge is 0.237 e. The SMILES string of the molecule is CCOC([C]=O)C(=O)CN. The summed E-state index contributed by atoms with van der Waals surface area (Å²) >= 11 is 0. The summed E-state index contributed by atoms with van der Waals surface area (Å²) in [6.45, 7) is 1.82. The van der Waals surface area contributed by atoms with Crippen LogP contribution in [-0.4, -0.2) is 31.3 Å². The fraction of sp³-hybridized carbons (Fsp3) is 0.667. The van der Waals surface area contributed by atoms with Crippen LogP contribution in [0.1, 0.15) is 6.92 Å². The average Bonchev–Trinajstić information content (AvgIpc) is 1.99. The van der Waals surface area contributed by atoms with Gasteiger partial charge in [0.05, 0.1) is 6.54 Å². The van der Waals surface area contributed by atoms with Crippen molar-refractivity contribution in [2.75, 3.05) is 13.2 Å². The Morgan fingerprint density at radius 3 is 2.70 bits per heavy atom. The van der Waals surface area contributed by atoms with Crippen LogP contribution in [0.5, 0.6) is 0 Å². The molecule has 1 radical (unpaired) electrons. The number of hydrogen-bond donors (Lipinski definition) is 1. The summed E-state index contributed by atoms with van der Waals surface area (Å²) in [7, 11) is 0. The molecule has 0 aromatic rings. The van der Waals surface area contributed by atoms with Gasteiger partial charge in [0, 0.05) is 6.61 Å². The van der Waals surface area contributed by atoms with E-state index in [-0.39, 0.29) is 6.54 Å². The number of nitrogens with two attached hydrogens (primary N) is 1. The Morgan fingerprint density at radius 2 is 2.40 bits per heavy atom. The van der Waals surface area contributed by atoms with Gasteiger partial charge < -0.3 is 10.5 Å². The van der Waals surface area contributed by atoms with Gasteiger partial charge in [-0.2, -0.15) is 0 Å². The molecular weight excluding hydrogens is 134 g/mol. The molecule has 0 aliphatic rings. The van der Waals surface area contributed by atoms with E-state index in [9.17, 15) is 9.59 Å². The third-order valence-corrected chi connectivity index (χ3v) is 0.934. The zero-order valence-electron chi connectivity index (χ0n) is 5.79. The summed E-state index contributed by atoms with van der Waals surface area (Å²) < 4.78 is 4.69. The second kappa shape index (κ2) is 5.08. The highest BCUT2D eigenvalue weighted by Gasteiger charge is 2.15. The molecule has 1 atom stereocenters. The molecule has 0 aromatic heterocycles. The molecule has 4 heteroatoms. The Hall–Kier alpha value is -0.740. The summed E-state index contributed by atoms with van der Waals surface area (Å²) in [5.41, 5.74) is 4.97. The lowest BCUT2D eigenvalue weighted by atomic mass is 10.2. The first-order chi connectivity index (χ1) is 4.76. The Balaban J connectivity index is 3.80. The van der Waals surface area contributed by atoms with Crippen LogP contribution >= 0.6 is 0 Å². The molecule has 0 fully saturated rings. The van der Waals surface area contributed by atoms with E-state index in [4.69, 9.17) is 10.5 Å². The van der Waals surface area contributed by atoms with Gasteiger partial charge in [0.25, 0.3) is 0 Å². The maximum absolute atomic E-state index is 10.6. The summed E-state index contributed by atoms with van der Waals surface area (Å²) in [6.07, 6.45) is 0.364. The molecule has 0 bridgehead atoms. The molecule has 0 aromatic carbocycles. The fourth-order valence-electron chi connectivity index (χ4n) is 0.466. The quantitative estimate of drug-likeness (QED) is 0.504. The molecule has 0 heterocycles. The van der Waals surface area contributed by atoms with Gasteiger partial charge in [-0.1, -0.05) is 0 Å². The molecular formula is C6H10NO3. The molecule has 57 valence electrons. The van der Waals surface area contributed by atoms with Gasteiger partial charge in [-0.15, -0.1) is 0 Å². The lowest BCUT2D eigenvalue weighted by molar-refractivity contribution is -0.125. The summed E-state index contributed by atoms with van der Waals surface area (Å²) in [6, 6.07) is 0. The van der Waals surface area contributed by atoms with E-state index < -0.39 is 11.9 Å². The normalized spacial score (nSPS) is 12.6. The number of Topliss-reactive ketones (excluding diaryl/α,β-unsaturated/α-hetero) is 1. The number of rotatable bonds is 5. The second-order valence-corrected chi connectivity index (χ2v) is 1.62. The molecule has 0 saturated carbocycles. The molecule has 2 N–H and O–H groups in total. The predicted molar refractivity (Wildman–Crippen MR) is 35.2 cm³/mol. The lowest BCUT2D eigenvalue weighted by Gasteiger charge is -2.04. The molecule has 0 amide bonds. The minimum atomic E-state index is -1.09. The van der Waals surface area contributed by atoms with Crippen molar-refractivity contribution in [2.45, 2.75) is 13.0 Å². The van der Waals surface area contributed by atoms with Gasteiger partial charge in [-0.3, -0.25) is 9.59 Å². The van der Waals surface area contributed by atoms with E-state index >= 15 is 0 Å². The Bertz CT molecular complexity index is 124. The highest BCUT2D eigenvalue weighted by molar-refractivity contribution is 5.97. The first-order valence-electron chi connectivity index (χ1n) is 2.98. The minimum Gasteiger partial charge on any atom is -0.362 e. The van der Waals surface area contributed by atoms with Gasteiger partial charge in [-0.25, -0.2) is 0 Å². The molecule has 0 rings (SSSR count). The topological polar surface area (TPSA) is 69.4 Å². The standard InChI is InChI=1S/C6H10NO3/c1-2-10-6(4-8)5(9)3-7/h6H,2-3,7H2,1H3. The molecule has 10 heavy (non-hydrogen) atoms. The molecule has 0 saturated heterocycles. The maximum Gasteiger partial charge on any atom is 0.237 e. The summed E-state index contributed by atoms with van der Waals surface area (Å²) in [4.78, 5) is 20.6. The van der Waals surface area contributed by atoms with Crippen molar-refractivity contribution in [3.8, 4) is 0 Å². The summed E-state index contributed by atoms with van der Waals surface area (Å²) in [5, 5.41) is 0. The van der Waals surface area contributed by atoms with Crippen LogP contribution in [0.4, 0.5) is 0 Å². The predicted octanol–water partition coefficient (Wildman–Crippen LogP) is -0.971. The van der Waals surface area contributed by atoms with E-state index in [0.717, 1.165) is 0 Å². The largest absolute Gasteiger partial charge is 0.362 e. The van der Waals surface area contributed by atoms with Gasteiger partial charge in [0.2, 0.25) is 6.29 Å². The zero-order valence-corrected chi connectivity index (χ0v) is 5.79. The zero-order chi connectivity index (χ0) is 7.98.